The maximum Gasteiger partial charge on any atom is 0.251 e. The smallest absolute Gasteiger partial charge is 0.251 e. The molecular weight excluding hydrogens is 320 g/mol. The standard InChI is InChI=1S/C19H24N2O4/c22-13-19(7-9-25-10-8-19)12-20-17(23)6-5-15-11-14-3-1-2-4-16(14)21-18(15)24/h1-4,11,22H,5-10,12-13H2,(H,20,23)(H,21,24). The first-order valence-corrected chi connectivity index (χ1v) is 8.68. The summed E-state index contributed by atoms with van der Waals surface area (Å²) in [6, 6.07) is 9.42. The molecule has 0 bridgehead atoms. The lowest BCUT2D eigenvalue weighted by atomic mass is 9.81. The summed E-state index contributed by atoms with van der Waals surface area (Å²) in [4.78, 5) is 27.1. The Morgan fingerprint density at radius 3 is 2.80 bits per heavy atom. The summed E-state index contributed by atoms with van der Waals surface area (Å²) in [7, 11) is 0. The number of benzene rings is 1. The molecule has 0 unspecified atom stereocenters. The van der Waals surface area contributed by atoms with Crippen LogP contribution in [-0.2, 0) is 16.0 Å². The molecule has 0 aliphatic carbocycles. The monoisotopic (exact) mass is 344 g/mol. The number of hydrogen-bond acceptors (Lipinski definition) is 4. The predicted octanol–water partition coefficient (Wildman–Crippen LogP) is 1.37. The number of carbonyl (C=O) groups excluding carboxylic acids is 1. The van der Waals surface area contributed by atoms with Crippen LogP contribution in [0.15, 0.2) is 35.1 Å². The van der Waals surface area contributed by atoms with Gasteiger partial charge in [-0.3, -0.25) is 9.59 Å². The van der Waals surface area contributed by atoms with Gasteiger partial charge in [-0.15, -0.1) is 0 Å². The third-order valence-electron chi connectivity index (χ3n) is 5.00. The number of aromatic nitrogens is 1. The first-order valence-electron chi connectivity index (χ1n) is 8.68. The van der Waals surface area contributed by atoms with Crippen molar-refractivity contribution in [2.24, 2.45) is 5.41 Å². The van der Waals surface area contributed by atoms with E-state index in [0.717, 1.165) is 23.7 Å². The fourth-order valence-corrected chi connectivity index (χ4v) is 3.20. The number of para-hydroxylation sites is 1. The van der Waals surface area contributed by atoms with Crippen LogP contribution in [0, 0.1) is 5.41 Å². The van der Waals surface area contributed by atoms with Crippen LogP contribution in [0.25, 0.3) is 10.9 Å². The molecule has 6 heteroatoms. The Morgan fingerprint density at radius 2 is 2.04 bits per heavy atom. The van der Waals surface area contributed by atoms with E-state index in [9.17, 15) is 14.7 Å². The van der Waals surface area contributed by atoms with Crippen molar-refractivity contribution in [2.45, 2.75) is 25.7 Å². The zero-order valence-corrected chi connectivity index (χ0v) is 14.2. The van der Waals surface area contributed by atoms with Crippen LogP contribution < -0.4 is 10.9 Å². The van der Waals surface area contributed by atoms with Crippen molar-refractivity contribution >= 4 is 16.8 Å². The lowest BCUT2D eigenvalue weighted by molar-refractivity contribution is -0.122. The normalized spacial score (nSPS) is 16.7. The number of ether oxygens (including phenoxy) is 1. The van der Waals surface area contributed by atoms with E-state index < -0.39 is 0 Å². The molecule has 3 rings (SSSR count). The second kappa shape index (κ2) is 7.80. The number of carbonyl (C=O) groups is 1. The molecule has 1 aliphatic heterocycles. The first kappa shape index (κ1) is 17.6. The Balaban J connectivity index is 1.57. The van der Waals surface area contributed by atoms with Gasteiger partial charge in [-0.25, -0.2) is 0 Å². The molecule has 0 saturated carbocycles. The third kappa shape index (κ3) is 4.27. The van der Waals surface area contributed by atoms with Crippen molar-refractivity contribution in [3.63, 3.8) is 0 Å². The van der Waals surface area contributed by atoms with E-state index in [0.29, 0.717) is 31.7 Å². The van der Waals surface area contributed by atoms with Gasteiger partial charge in [-0.05, 0) is 36.8 Å². The van der Waals surface area contributed by atoms with E-state index in [2.05, 4.69) is 10.3 Å². The van der Waals surface area contributed by atoms with Gasteiger partial charge in [0.1, 0.15) is 0 Å². The van der Waals surface area contributed by atoms with Gasteiger partial charge >= 0.3 is 0 Å². The quantitative estimate of drug-likeness (QED) is 0.738. The van der Waals surface area contributed by atoms with Gasteiger partial charge < -0.3 is 20.1 Å². The second-order valence-electron chi connectivity index (χ2n) is 6.76. The molecule has 0 radical (unpaired) electrons. The van der Waals surface area contributed by atoms with Crippen LogP contribution in [0.2, 0.25) is 0 Å². The van der Waals surface area contributed by atoms with E-state index in [1.54, 1.807) is 0 Å². The number of aliphatic hydroxyl groups excluding tert-OH is 1. The third-order valence-corrected chi connectivity index (χ3v) is 5.00. The Bertz CT molecular complexity index is 793. The number of amides is 1. The Hall–Kier alpha value is -2.18. The maximum absolute atomic E-state index is 12.2. The van der Waals surface area contributed by atoms with E-state index in [1.165, 1.54) is 0 Å². The van der Waals surface area contributed by atoms with Crippen molar-refractivity contribution in [2.75, 3.05) is 26.4 Å². The summed E-state index contributed by atoms with van der Waals surface area (Å²) in [5, 5.41) is 13.5. The summed E-state index contributed by atoms with van der Waals surface area (Å²) >= 11 is 0. The van der Waals surface area contributed by atoms with Crippen molar-refractivity contribution in [1.82, 2.24) is 10.3 Å². The van der Waals surface area contributed by atoms with Crippen LogP contribution in [0.3, 0.4) is 0 Å². The van der Waals surface area contributed by atoms with Crippen molar-refractivity contribution in [3.05, 3.63) is 46.2 Å². The minimum absolute atomic E-state index is 0.0426. The highest BCUT2D eigenvalue weighted by Gasteiger charge is 2.32. The Kier molecular flexibility index (Phi) is 5.50. The molecule has 3 N–H and O–H groups in total. The second-order valence-corrected chi connectivity index (χ2v) is 6.76. The maximum atomic E-state index is 12.2. The molecule has 25 heavy (non-hydrogen) atoms. The number of nitrogens with one attached hydrogen (secondary N) is 2. The van der Waals surface area contributed by atoms with Gasteiger partial charge in [0.05, 0.1) is 6.61 Å². The number of aryl methyl sites for hydroxylation is 1. The molecule has 0 atom stereocenters. The minimum Gasteiger partial charge on any atom is -0.396 e. The van der Waals surface area contributed by atoms with Gasteiger partial charge in [0, 0.05) is 42.7 Å². The molecule has 1 amide bonds. The van der Waals surface area contributed by atoms with Crippen molar-refractivity contribution < 1.29 is 14.6 Å². The molecule has 134 valence electrons. The van der Waals surface area contributed by atoms with Crippen LogP contribution in [0.5, 0.6) is 0 Å². The van der Waals surface area contributed by atoms with Crippen molar-refractivity contribution in [1.29, 1.82) is 0 Å². The van der Waals surface area contributed by atoms with Crippen LogP contribution in [0.4, 0.5) is 0 Å². The number of hydrogen-bond donors (Lipinski definition) is 3. The minimum atomic E-state index is -0.283. The summed E-state index contributed by atoms with van der Waals surface area (Å²) in [6.07, 6.45) is 2.13. The highest BCUT2D eigenvalue weighted by atomic mass is 16.5. The molecule has 1 aliphatic rings. The van der Waals surface area contributed by atoms with Crippen molar-refractivity contribution in [3.8, 4) is 0 Å². The Morgan fingerprint density at radius 1 is 1.28 bits per heavy atom. The van der Waals surface area contributed by atoms with Crippen LogP contribution >= 0.6 is 0 Å². The van der Waals surface area contributed by atoms with E-state index in [4.69, 9.17) is 4.74 Å². The molecule has 2 aromatic rings. The number of pyridine rings is 1. The molecule has 1 saturated heterocycles. The number of aliphatic hydroxyl groups is 1. The summed E-state index contributed by atoms with van der Waals surface area (Å²) < 4.78 is 5.33. The SMILES string of the molecule is O=C(CCc1cc2ccccc2[nH]c1=O)NCC1(CO)CCOCC1. The molecular formula is C19H24N2O4. The first-order chi connectivity index (χ1) is 12.1. The number of fused-ring (bicyclic) bond motifs is 1. The summed E-state index contributed by atoms with van der Waals surface area (Å²) in [5.41, 5.74) is 0.971. The largest absolute Gasteiger partial charge is 0.396 e. The lowest BCUT2D eigenvalue weighted by Gasteiger charge is -2.35. The van der Waals surface area contributed by atoms with Crippen LogP contribution in [0.1, 0.15) is 24.8 Å². The van der Waals surface area contributed by atoms with E-state index in [1.807, 2.05) is 30.3 Å². The van der Waals surface area contributed by atoms with E-state index >= 15 is 0 Å². The predicted molar refractivity (Wildman–Crippen MR) is 95.5 cm³/mol. The van der Waals surface area contributed by atoms with Gasteiger partial charge in [0.25, 0.3) is 5.56 Å². The fourth-order valence-electron chi connectivity index (χ4n) is 3.20. The fraction of sp³-hybridized carbons (Fsp3) is 0.474. The van der Waals surface area contributed by atoms with Gasteiger partial charge in [-0.1, -0.05) is 18.2 Å². The molecule has 2 heterocycles. The topological polar surface area (TPSA) is 91.4 Å². The lowest BCUT2D eigenvalue weighted by Crippen LogP contribution is -2.43. The molecule has 1 fully saturated rings. The molecule has 1 aromatic carbocycles. The summed E-state index contributed by atoms with van der Waals surface area (Å²) in [5.74, 6) is -0.105. The zero-order chi connectivity index (χ0) is 17.7. The number of aromatic amines is 1. The van der Waals surface area contributed by atoms with Crippen LogP contribution in [-0.4, -0.2) is 42.4 Å². The molecule has 0 spiro atoms. The zero-order valence-electron chi connectivity index (χ0n) is 14.2. The van der Waals surface area contributed by atoms with E-state index in [-0.39, 0.29) is 29.9 Å². The summed E-state index contributed by atoms with van der Waals surface area (Å²) in [6.45, 7) is 1.71. The van der Waals surface area contributed by atoms with Gasteiger partial charge in [-0.2, -0.15) is 0 Å². The average molecular weight is 344 g/mol. The highest BCUT2D eigenvalue weighted by molar-refractivity contribution is 5.79. The molecule has 6 nitrogen and oxygen atoms in total. The van der Waals surface area contributed by atoms with Gasteiger partial charge in [0.15, 0.2) is 0 Å². The highest BCUT2D eigenvalue weighted by Crippen LogP contribution is 2.28. The van der Waals surface area contributed by atoms with Gasteiger partial charge in [0.2, 0.25) is 5.91 Å². The number of rotatable bonds is 6. The Labute approximate surface area is 146 Å². The number of H-pyrrole nitrogens is 1. The average Bonchev–Trinajstić information content (AvgIpc) is 2.65. The molecule has 1 aromatic heterocycles.